The Hall–Kier alpha value is -2.74. The van der Waals surface area contributed by atoms with Crippen molar-refractivity contribution in [2.75, 3.05) is 46.5 Å². The molecule has 0 saturated carbocycles. The molecule has 1 heterocycles. The number of nitrogens with zero attached hydrogens (tertiary/aromatic N) is 2. The van der Waals surface area contributed by atoms with Gasteiger partial charge in [-0.25, -0.2) is 13.2 Å². The first kappa shape index (κ1) is 21.0. The van der Waals surface area contributed by atoms with E-state index in [0.717, 1.165) is 13.1 Å². The summed E-state index contributed by atoms with van der Waals surface area (Å²) in [5, 5.41) is 9.66. The highest BCUT2D eigenvalue weighted by Crippen LogP contribution is 2.28. The van der Waals surface area contributed by atoms with Gasteiger partial charge in [-0.05, 0) is 56.2 Å². The topological polar surface area (TPSA) is 90.0 Å². The summed E-state index contributed by atoms with van der Waals surface area (Å²) >= 11 is 0. The molecule has 2 N–H and O–H groups in total. The molecular formula is C21H27N3O4S. The van der Waals surface area contributed by atoms with Crippen molar-refractivity contribution in [1.29, 1.82) is 0 Å². The van der Waals surface area contributed by atoms with Gasteiger partial charge < -0.3 is 14.9 Å². The highest BCUT2D eigenvalue weighted by atomic mass is 32.2. The molecule has 0 unspecified atom stereocenters. The molecule has 0 amide bonds. The summed E-state index contributed by atoms with van der Waals surface area (Å²) in [7, 11) is -3.46. The number of hydrogen-bond acceptors (Lipinski definition) is 5. The van der Waals surface area contributed by atoms with Crippen LogP contribution in [0.2, 0.25) is 0 Å². The zero-order valence-corrected chi connectivity index (χ0v) is 17.8. The van der Waals surface area contributed by atoms with Gasteiger partial charge in [0.2, 0.25) is 10.0 Å². The number of aromatic carboxylic acids is 1. The van der Waals surface area contributed by atoms with Crippen molar-refractivity contribution in [3.05, 3.63) is 53.1 Å². The van der Waals surface area contributed by atoms with Gasteiger partial charge in [0, 0.05) is 37.6 Å². The van der Waals surface area contributed by atoms with Crippen molar-refractivity contribution < 1.29 is 18.3 Å². The van der Waals surface area contributed by atoms with Gasteiger partial charge in [-0.15, -0.1) is 0 Å². The highest BCUT2D eigenvalue weighted by Gasteiger charge is 2.23. The van der Waals surface area contributed by atoms with Gasteiger partial charge in [0.15, 0.2) is 0 Å². The fraction of sp³-hybridized carbons (Fsp3) is 0.381. The molecule has 2 aromatic rings. The van der Waals surface area contributed by atoms with Crippen LogP contribution in [0.5, 0.6) is 0 Å². The summed E-state index contributed by atoms with van der Waals surface area (Å²) in [6.07, 6.45) is 0. The Morgan fingerprint density at radius 3 is 2.21 bits per heavy atom. The normalized spacial score (nSPS) is 14.7. The maximum Gasteiger partial charge on any atom is 0.337 e. The van der Waals surface area contributed by atoms with Crippen LogP contribution < -0.4 is 14.5 Å². The third-order valence-corrected chi connectivity index (χ3v) is 6.51. The zero-order valence-electron chi connectivity index (χ0n) is 17.0. The molecule has 1 aliphatic rings. The number of carboxylic acid groups (broad SMARTS) is 1. The number of piperazine rings is 1. The molecule has 0 aromatic heterocycles. The van der Waals surface area contributed by atoms with E-state index in [2.05, 4.69) is 41.7 Å². The van der Waals surface area contributed by atoms with E-state index in [9.17, 15) is 18.3 Å². The molecule has 156 valence electrons. The molecule has 29 heavy (non-hydrogen) atoms. The van der Waals surface area contributed by atoms with E-state index < -0.39 is 16.0 Å². The number of aryl methyl sites for hydroxylation is 2. The quantitative estimate of drug-likeness (QED) is 0.751. The van der Waals surface area contributed by atoms with Crippen LogP contribution in [0.1, 0.15) is 28.4 Å². The lowest BCUT2D eigenvalue weighted by Crippen LogP contribution is -2.47. The number of sulfonamides is 1. The summed E-state index contributed by atoms with van der Waals surface area (Å²) in [6, 6.07) is 11.1. The van der Waals surface area contributed by atoms with Crippen molar-refractivity contribution in [3.8, 4) is 0 Å². The Balaban J connectivity index is 1.79. The third kappa shape index (κ3) is 4.82. The number of benzene rings is 2. The number of carboxylic acids is 1. The molecule has 1 aliphatic heterocycles. The van der Waals surface area contributed by atoms with Gasteiger partial charge in [-0.2, -0.15) is 0 Å². The Kier molecular flexibility index (Phi) is 6.02. The van der Waals surface area contributed by atoms with Crippen LogP contribution >= 0.6 is 0 Å². The van der Waals surface area contributed by atoms with E-state index in [0.29, 0.717) is 18.8 Å². The van der Waals surface area contributed by atoms with Crippen LogP contribution in [-0.4, -0.2) is 51.4 Å². The Labute approximate surface area is 172 Å². The molecule has 0 atom stereocenters. The summed E-state index contributed by atoms with van der Waals surface area (Å²) in [6.45, 7) is 8.65. The van der Waals surface area contributed by atoms with Crippen molar-refractivity contribution in [3.63, 3.8) is 0 Å². The van der Waals surface area contributed by atoms with Gasteiger partial charge in [-0.1, -0.05) is 12.1 Å². The Morgan fingerprint density at radius 1 is 1.00 bits per heavy atom. The number of rotatable bonds is 6. The van der Waals surface area contributed by atoms with Crippen LogP contribution in [0.15, 0.2) is 36.4 Å². The predicted molar refractivity (Wildman–Crippen MR) is 117 cm³/mol. The standard InChI is InChI=1S/C21H27N3O4S/c1-4-29(27,28)22-17-7-8-19(18(14-17)21(25)26)23-9-11-24(12-10-23)20-13-15(2)5-6-16(20)3/h5-8,13-14,22H,4,9-12H2,1-3H3,(H,25,26). The molecule has 0 radical (unpaired) electrons. The van der Waals surface area contributed by atoms with E-state index in [-0.39, 0.29) is 17.0 Å². The molecule has 0 aliphatic carbocycles. The smallest absolute Gasteiger partial charge is 0.337 e. The molecule has 3 rings (SSSR count). The van der Waals surface area contributed by atoms with Gasteiger partial charge in [-0.3, -0.25) is 4.72 Å². The van der Waals surface area contributed by atoms with Gasteiger partial charge in [0.1, 0.15) is 0 Å². The van der Waals surface area contributed by atoms with E-state index in [1.54, 1.807) is 12.1 Å². The van der Waals surface area contributed by atoms with Gasteiger partial charge in [0.25, 0.3) is 0 Å². The third-order valence-electron chi connectivity index (χ3n) is 5.21. The zero-order chi connectivity index (χ0) is 21.2. The van der Waals surface area contributed by atoms with E-state index in [1.165, 1.54) is 29.8 Å². The van der Waals surface area contributed by atoms with Crippen molar-refractivity contribution >= 4 is 33.1 Å². The largest absolute Gasteiger partial charge is 0.478 e. The average molecular weight is 418 g/mol. The molecular weight excluding hydrogens is 390 g/mol. The maximum atomic E-state index is 11.8. The molecule has 0 spiro atoms. The lowest BCUT2D eigenvalue weighted by molar-refractivity contribution is 0.0697. The minimum atomic E-state index is -3.46. The first-order valence-electron chi connectivity index (χ1n) is 9.65. The Bertz CT molecular complexity index is 1010. The summed E-state index contributed by atoms with van der Waals surface area (Å²) < 4.78 is 26.0. The van der Waals surface area contributed by atoms with Crippen molar-refractivity contribution in [1.82, 2.24) is 0 Å². The summed E-state index contributed by atoms with van der Waals surface area (Å²) in [5.41, 5.74) is 4.63. The molecule has 0 bridgehead atoms. The predicted octanol–water partition coefficient (Wildman–Crippen LogP) is 3.09. The van der Waals surface area contributed by atoms with Gasteiger partial charge >= 0.3 is 5.97 Å². The van der Waals surface area contributed by atoms with E-state index in [4.69, 9.17) is 0 Å². The van der Waals surface area contributed by atoms with Crippen LogP contribution in [0.4, 0.5) is 17.1 Å². The molecule has 1 saturated heterocycles. The first-order valence-corrected chi connectivity index (χ1v) is 11.3. The number of carbonyl (C=O) groups is 1. The number of nitrogens with one attached hydrogen (secondary N) is 1. The number of hydrogen-bond donors (Lipinski definition) is 2. The lowest BCUT2D eigenvalue weighted by Gasteiger charge is -2.38. The fourth-order valence-corrected chi connectivity index (χ4v) is 4.18. The Morgan fingerprint density at radius 2 is 1.62 bits per heavy atom. The summed E-state index contributed by atoms with van der Waals surface area (Å²) in [4.78, 5) is 16.2. The minimum Gasteiger partial charge on any atom is -0.478 e. The second-order valence-electron chi connectivity index (χ2n) is 7.31. The number of anilines is 3. The second kappa shape index (κ2) is 8.32. The fourth-order valence-electron chi connectivity index (χ4n) is 3.55. The summed E-state index contributed by atoms with van der Waals surface area (Å²) in [5.74, 6) is -1.15. The monoisotopic (exact) mass is 417 g/mol. The first-order chi connectivity index (χ1) is 13.7. The van der Waals surface area contributed by atoms with Crippen LogP contribution in [0.25, 0.3) is 0 Å². The SMILES string of the molecule is CCS(=O)(=O)Nc1ccc(N2CCN(c3cc(C)ccc3C)CC2)c(C(=O)O)c1. The van der Waals surface area contributed by atoms with Gasteiger partial charge in [0.05, 0.1) is 17.0 Å². The molecule has 1 fully saturated rings. The molecule has 8 heteroatoms. The molecule has 7 nitrogen and oxygen atoms in total. The van der Waals surface area contributed by atoms with E-state index in [1.807, 2.05) is 4.90 Å². The van der Waals surface area contributed by atoms with Crippen LogP contribution in [0.3, 0.4) is 0 Å². The van der Waals surface area contributed by atoms with Crippen molar-refractivity contribution in [2.24, 2.45) is 0 Å². The highest BCUT2D eigenvalue weighted by molar-refractivity contribution is 7.92. The van der Waals surface area contributed by atoms with Crippen LogP contribution in [-0.2, 0) is 10.0 Å². The maximum absolute atomic E-state index is 11.8. The molecule has 2 aromatic carbocycles. The second-order valence-corrected chi connectivity index (χ2v) is 9.32. The lowest BCUT2D eigenvalue weighted by atomic mass is 10.1. The van der Waals surface area contributed by atoms with Crippen molar-refractivity contribution in [2.45, 2.75) is 20.8 Å². The average Bonchev–Trinajstić information content (AvgIpc) is 2.69. The minimum absolute atomic E-state index is 0.0719. The van der Waals surface area contributed by atoms with Crippen LogP contribution in [0, 0.1) is 13.8 Å². The van der Waals surface area contributed by atoms with E-state index >= 15 is 0 Å².